The number of nitrogens with two attached hydrogens (primary N) is 1. The van der Waals surface area contributed by atoms with Crippen molar-refractivity contribution in [3.8, 4) is 11.5 Å². The number of hydrogen-bond acceptors (Lipinski definition) is 3. The lowest BCUT2D eigenvalue weighted by Gasteiger charge is -2.10. The molecule has 0 aliphatic rings. The SMILES string of the molecule is Cc1ccccc1COc1ccc(OCCCCN)cc1. The Morgan fingerprint density at radius 2 is 1.52 bits per heavy atom. The molecule has 0 saturated carbocycles. The standard InChI is InChI=1S/C18H23NO2/c1-15-6-2-3-7-16(15)14-21-18-10-8-17(9-11-18)20-13-5-4-12-19/h2-3,6-11H,4-5,12-14,19H2,1H3. The number of benzene rings is 2. The predicted molar refractivity (Wildman–Crippen MR) is 85.7 cm³/mol. The summed E-state index contributed by atoms with van der Waals surface area (Å²) in [4.78, 5) is 0. The lowest BCUT2D eigenvalue weighted by molar-refractivity contribution is 0.298. The number of ether oxygens (including phenoxy) is 2. The molecule has 0 unspecified atom stereocenters. The topological polar surface area (TPSA) is 44.5 Å². The van der Waals surface area contributed by atoms with Crippen LogP contribution < -0.4 is 15.2 Å². The Morgan fingerprint density at radius 1 is 0.857 bits per heavy atom. The summed E-state index contributed by atoms with van der Waals surface area (Å²) < 4.78 is 11.4. The average Bonchev–Trinajstić information content (AvgIpc) is 2.52. The van der Waals surface area contributed by atoms with Crippen LogP contribution in [0.1, 0.15) is 24.0 Å². The van der Waals surface area contributed by atoms with Crippen molar-refractivity contribution in [3.05, 3.63) is 59.7 Å². The van der Waals surface area contributed by atoms with E-state index in [1.54, 1.807) is 0 Å². The van der Waals surface area contributed by atoms with Crippen molar-refractivity contribution in [2.75, 3.05) is 13.2 Å². The summed E-state index contributed by atoms with van der Waals surface area (Å²) in [5.41, 5.74) is 7.90. The summed E-state index contributed by atoms with van der Waals surface area (Å²) in [6.07, 6.45) is 1.99. The number of unbranched alkanes of at least 4 members (excludes halogenated alkanes) is 1. The van der Waals surface area contributed by atoms with Crippen molar-refractivity contribution in [3.63, 3.8) is 0 Å². The van der Waals surface area contributed by atoms with E-state index in [9.17, 15) is 0 Å². The summed E-state index contributed by atoms with van der Waals surface area (Å²) in [5.74, 6) is 1.72. The van der Waals surface area contributed by atoms with Crippen molar-refractivity contribution in [2.45, 2.75) is 26.4 Å². The fraction of sp³-hybridized carbons (Fsp3) is 0.333. The quantitative estimate of drug-likeness (QED) is 0.752. The van der Waals surface area contributed by atoms with Crippen molar-refractivity contribution in [2.24, 2.45) is 5.73 Å². The first kappa shape index (κ1) is 15.4. The smallest absolute Gasteiger partial charge is 0.120 e. The highest BCUT2D eigenvalue weighted by atomic mass is 16.5. The first-order valence-electron chi connectivity index (χ1n) is 7.40. The van der Waals surface area contributed by atoms with Crippen molar-refractivity contribution in [1.82, 2.24) is 0 Å². The van der Waals surface area contributed by atoms with Gasteiger partial charge in [0.1, 0.15) is 18.1 Å². The molecule has 0 atom stereocenters. The molecule has 0 heterocycles. The van der Waals surface area contributed by atoms with Gasteiger partial charge < -0.3 is 15.2 Å². The third-order valence-electron chi connectivity index (χ3n) is 3.35. The van der Waals surface area contributed by atoms with E-state index in [0.717, 1.165) is 30.9 Å². The molecule has 0 aliphatic carbocycles. The predicted octanol–water partition coefficient (Wildman–Crippen LogP) is 3.69. The van der Waals surface area contributed by atoms with Crippen LogP contribution in [0.3, 0.4) is 0 Å². The van der Waals surface area contributed by atoms with Gasteiger partial charge in [-0.2, -0.15) is 0 Å². The largest absolute Gasteiger partial charge is 0.494 e. The van der Waals surface area contributed by atoms with E-state index in [1.807, 2.05) is 36.4 Å². The lowest BCUT2D eigenvalue weighted by Crippen LogP contribution is -2.03. The van der Waals surface area contributed by atoms with Gasteiger partial charge in [-0.15, -0.1) is 0 Å². The van der Waals surface area contributed by atoms with Gasteiger partial charge in [0.15, 0.2) is 0 Å². The minimum Gasteiger partial charge on any atom is -0.494 e. The molecule has 0 amide bonds. The van der Waals surface area contributed by atoms with Crippen LogP contribution in [0.25, 0.3) is 0 Å². The van der Waals surface area contributed by atoms with Gasteiger partial charge in [0.2, 0.25) is 0 Å². The maximum Gasteiger partial charge on any atom is 0.120 e. The molecular weight excluding hydrogens is 262 g/mol. The second-order valence-corrected chi connectivity index (χ2v) is 5.03. The summed E-state index contributed by atoms with van der Waals surface area (Å²) >= 11 is 0. The fourth-order valence-electron chi connectivity index (χ4n) is 2.00. The summed E-state index contributed by atoms with van der Waals surface area (Å²) in [6, 6.07) is 16.0. The molecule has 0 bridgehead atoms. The van der Waals surface area contributed by atoms with Crippen LogP contribution in [0, 0.1) is 6.92 Å². The molecule has 0 saturated heterocycles. The zero-order valence-electron chi connectivity index (χ0n) is 12.5. The van der Waals surface area contributed by atoms with Gasteiger partial charge in [-0.25, -0.2) is 0 Å². The lowest BCUT2D eigenvalue weighted by atomic mass is 10.1. The Balaban J connectivity index is 1.81. The highest BCUT2D eigenvalue weighted by molar-refractivity contribution is 5.32. The van der Waals surface area contributed by atoms with E-state index in [-0.39, 0.29) is 0 Å². The zero-order valence-corrected chi connectivity index (χ0v) is 12.5. The highest BCUT2D eigenvalue weighted by Gasteiger charge is 2.00. The summed E-state index contributed by atoms with van der Waals surface area (Å²) in [5, 5.41) is 0. The average molecular weight is 285 g/mol. The Hall–Kier alpha value is -2.00. The fourth-order valence-corrected chi connectivity index (χ4v) is 2.00. The number of rotatable bonds is 8. The Morgan fingerprint density at radius 3 is 2.19 bits per heavy atom. The van der Waals surface area contributed by atoms with Crippen LogP contribution in [0.4, 0.5) is 0 Å². The van der Waals surface area contributed by atoms with Crippen molar-refractivity contribution in [1.29, 1.82) is 0 Å². The molecule has 2 rings (SSSR count). The molecular formula is C18H23NO2. The molecule has 3 heteroatoms. The maximum absolute atomic E-state index is 5.80. The van der Waals surface area contributed by atoms with Gasteiger partial charge in [0.25, 0.3) is 0 Å². The van der Waals surface area contributed by atoms with E-state index in [4.69, 9.17) is 15.2 Å². The van der Waals surface area contributed by atoms with E-state index in [1.165, 1.54) is 11.1 Å². The molecule has 3 nitrogen and oxygen atoms in total. The monoisotopic (exact) mass is 285 g/mol. The molecule has 0 fully saturated rings. The summed E-state index contributed by atoms with van der Waals surface area (Å²) in [6.45, 7) is 4.11. The molecule has 0 aliphatic heterocycles. The van der Waals surface area contributed by atoms with Gasteiger partial charge in [-0.05, 0) is 61.7 Å². The van der Waals surface area contributed by atoms with Crippen molar-refractivity contribution >= 4 is 0 Å². The minimum atomic E-state index is 0.587. The van der Waals surface area contributed by atoms with E-state index in [2.05, 4.69) is 19.1 Å². The van der Waals surface area contributed by atoms with Crippen molar-refractivity contribution < 1.29 is 9.47 Å². The zero-order chi connectivity index (χ0) is 14.9. The van der Waals surface area contributed by atoms with Crippen LogP contribution in [0.15, 0.2) is 48.5 Å². The van der Waals surface area contributed by atoms with Crippen LogP contribution >= 0.6 is 0 Å². The summed E-state index contributed by atoms with van der Waals surface area (Å²) in [7, 11) is 0. The van der Waals surface area contributed by atoms with Crippen LogP contribution in [-0.2, 0) is 6.61 Å². The van der Waals surface area contributed by atoms with Gasteiger partial charge in [0, 0.05) is 0 Å². The molecule has 0 radical (unpaired) electrons. The first-order chi connectivity index (χ1) is 10.3. The Kier molecular flexibility index (Phi) is 6.10. The molecule has 2 aromatic rings. The molecule has 112 valence electrons. The van der Waals surface area contributed by atoms with E-state index in [0.29, 0.717) is 13.2 Å². The second-order valence-electron chi connectivity index (χ2n) is 5.03. The molecule has 2 N–H and O–H groups in total. The van der Waals surface area contributed by atoms with Gasteiger partial charge in [-0.3, -0.25) is 0 Å². The molecule has 21 heavy (non-hydrogen) atoms. The Labute approximate surface area is 126 Å². The van der Waals surface area contributed by atoms with Crippen LogP contribution in [0.5, 0.6) is 11.5 Å². The van der Waals surface area contributed by atoms with Crippen LogP contribution in [-0.4, -0.2) is 13.2 Å². The highest BCUT2D eigenvalue weighted by Crippen LogP contribution is 2.19. The van der Waals surface area contributed by atoms with E-state index >= 15 is 0 Å². The second kappa shape index (κ2) is 8.32. The molecule has 0 aromatic heterocycles. The first-order valence-corrected chi connectivity index (χ1v) is 7.40. The van der Waals surface area contributed by atoms with Crippen LogP contribution in [0.2, 0.25) is 0 Å². The van der Waals surface area contributed by atoms with Gasteiger partial charge >= 0.3 is 0 Å². The van der Waals surface area contributed by atoms with Gasteiger partial charge in [0.05, 0.1) is 6.61 Å². The number of hydrogen-bond donors (Lipinski definition) is 1. The Bertz CT molecular complexity index is 537. The minimum absolute atomic E-state index is 0.587. The van der Waals surface area contributed by atoms with Gasteiger partial charge in [-0.1, -0.05) is 24.3 Å². The van der Waals surface area contributed by atoms with E-state index < -0.39 is 0 Å². The third-order valence-corrected chi connectivity index (χ3v) is 3.35. The number of aryl methyl sites for hydroxylation is 1. The third kappa shape index (κ3) is 5.12. The maximum atomic E-state index is 5.80. The normalized spacial score (nSPS) is 10.4. The molecule has 2 aromatic carbocycles. The molecule has 0 spiro atoms.